The predicted octanol–water partition coefficient (Wildman–Crippen LogP) is 3.86. The van der Waals surface area contributed by atoms with E-state index in [-0.39, 0.29) is 5.60 Å². The lowest BCUT2D eigenvalue weighted by molar-refractivity contribution is -0.0259. The zero-order valence-electron chi connectivity index (χ0n) is 16.3. The average Bonchev–Trinajstić information content (AvgIpc) is 2.74. The van der Waals surface area contributed by atoms with Gasteiger partial charge < -0.3 is 10.5 Å². The SMILES string of the molecule is N#Cc1ccc2c(c1)CCC(N1CCC3(CCc4cc(N)ccc4O3)CC1)C2. The number of benzene rings is 2. The molecule has 5 rings (SSSR count). The maximum atomic E-state index is 9.11. The molecule has 0 amide bonds. The normalized spacial score (nSPS) is 23.3. The van der Waals surface area contributed by atoms with E-state index in [2.05, 4.69) is 29.2 Å². The molecule has 4 nitrogen and oxygen atoms in total. The summed E-state index contributed by atoms with van der Waals surface area (Å²) in [6.07, 6.45) is 7.76. The van der Waals surface area contributed by atoms with Crippen molar-refractivity contribution in [1.82, 2.24) is 4.90 Å². The Balaban J connectivity index is 1.24. The average molecular weight is 374 g/mol. The molecule has 4 heteroatoms. The molecule has 28 heavy (non-hydrogen) atoms. The Morgan fingerprint density at radius 1 is 1.00 bits per heavy atom. The van der Waals surface area contributed by atoms with Gasteiger partial charge in [-0.2, -0.15) is 5.26 Å². The number of aryl methyl sites for hydroxylation is 2. The monoisotopic (exact) mass is 373 g/mol. The molecule has 1 aliphatic carbocycles. The van der Waals surface area contributed by atoms with E-state index in [1.807, 2.05) is 18.2 Å². The van der Waals surface area contributed by atoms with Crippen molar-refractivity contribution in [2.45, 2.75) is 56.6 Å². The standard InChI is InChI=1S/C24H27N3O/c25-16-17-1-2-19-15-22(5-3-18(19)13-17)27-11-9-24(10-12-27)8-7-20-14-21(26)4-6-23(20)28-24/h1-2,4,6,13-14,22H,3,5,7-12,15,26H2. The first-order valence-electron chi connectivity index (χ1n) is 10.5. The fourth-order valence-electron chi connectivity index (χ4n) is 5.31. The Labute approximate surface area is 166 Å². The number of likely N-dealkylation sites (tertiary alicyclic amines) is 1. The number of hydrogen-bond donors (Lipinski definition) is 1. The van der Waals surface area contributed by atoms with Gasteiger partial charge in [-0.05, 0) is 92.0 Å². The van der Waals surface area contributed by atoms with Gasteiger partial charge in [-0.3, -0.25) is 4.90 Å². The van der Waals surface area contributed by atoms with E-state index in [0.29, 0.717) is 6.04 Å². The van der Waals surface area contributed by atoms with Crippen LogP contribution in [0.15, 0.2) is 36.4 Å². The number of nitrogens with zero attached hydrogens (tertiary/aromatic N) is 2. The fraction of sp³-hybridized carbons (Fsp3) is 0.458. The molecule has 0 aromatic heterocycles. The minimum absolute atomic E-state index is 0.00782. The predicted molar refractivity (Wildman–Crippen MR) is 110 cm³/mol. The Hall–Kier alpha value is -2.51. The number of fused-ring (bicyclic) bond motifs is 2. The third kappa shape index (κ3) is 3.14. The Morgan fingerprint density at radius 2 is 1.86 bits per heavy atom. The summed E-state index contributed by atoms with van der Waals surface area (Å²) < 4.78 is 6.52. The summed E-state index contributed by atoms with van der Waals surface area (Å²) in [5.41, 5.74) is 11.6. The van der Waals surface area contributed by atoms with Crippen LogP contribution in [0.2, 0.25) is 0 Å². The summed E-state index contributed by atoms with van der Waals surface area (Å²) in [7, 11) is 0. The number of hydrogen-bond acceptors (Lipinski definition) is 4. The zero-order chi connectivity index (χ0) is 19.1. The number of ether oxygens (including phenoxy) is 1. The van der Waals surface area contributed by atoms with E-state index >= 15 is 0 Å². The summed E-state index contributed by atoms with van der Waals surface area (Å²) in [5, 5.41) is 9.11. The van der Waals surface area contributed by atoms with Crippen molar-refractivity contribution in [2.24, 2.45) is 0 Å². The summed E-state index contributed by atoms with van der Waals surface area (Å²) >= 11 is 0. The van der Waals surface area contributed by atoms with Crippen LogP contribution in [0.1, 0.15) is 47.9 Å². The molecular formula is C24H27N3O. The van der Waals surface area contributed by atoms with Gasteiger partial charge in [0.25, 0.3) is 0 Å². The highest BCUT2D eigenvalue weighted by atomic mass is 16.5. The summed E-state index contributed by atoms with van der Waals surface area (Å²) in [5.74, 6) is 1.04. The molecule has 2 aromatic carbocycles. The lowest BCUT2D eigenvalue weighted by atomic mass is 9.81. The number of piperidine rings is 1. The highest BCUT2D eigenvalue weighted by molar-refractivity contribution is 5.49. The van der Waals surface area contributed by atoms with Gasteiger partial charge in [0.1, 0.15) is 11.4 Å². The van der Waals surface area contributed by atoms with E-state index in [9.17, 15) is 0 Å². The van der Waals surface area contributed by atoms with E-state index < -0.39 is 0 Å². The molecule has 144 valence electrons. The smallest absolute Gasteiger partial charge is 0.123 e. The zero-order valence-corrected chi connectivity index (χ0v) is 16.3. The maximum absolute atomic E-state index is 9.11. The van der Waals surface area contributed by atoms with Crippen molar-refractivity contribution in [2.75, 3.05) is 18.8 Å². The van der Waals surface area contributed by atoms with Gasteiger partial charge >= 0.3 is 0 Å². The van der Waals surface area contributed by atoms with Crippen LogP contribution in [0.25, 0.3) is 0 Å². The number of nitrogens with two attached hydrogens (primary N) is 1. The first-order chi connectivity index (χ1) is 13.6. The highest BCUT2D eigenvalue weighted by Crippen LogP contribution is 2.41. The molecular weight excluding hydrogens is 346 g/mol. The molecule has 1 spiro atoms. The van der Waals surface area contributed by atoms with Crippen LogP contribution >= 0.6 is 0 Å². The van der Waals surface area contributed by atoms with Crippen LogP contribution < -0.4 is 10.5 Å². The van der Waals surface area contributed by atoms with Crippen LogP contribution in [-0.2, 0) is 19.3 Å². The van der Waals surface area contributed by atoms with Gasteiger partial charge in [-0.1, -0.05) is 6.07 Å². The third-order valence-corrected chi connectivity index (χ3v) is 7.02. The number of nitrogen functional groups attached to an aromatic ring is 1. The first-order valence-corrected chi connectivity index (χ1v) is 10.5. The first kappa shape index (κ1) is 17.6. The van der Waals surface area contributed by atoms with Crippen LogP contribution in [0.3, 0.4) is 0 Å². The Kier molecular flexibility index (Phi) is 4.29. The lowest BCUT2D eigenvalue weighted by Crippen LogP contribution is -2.53. The van der Waals surface area contributed by atoms with Gasteiger partial charge in [0.05, 0.1) is 11.6 Å². The molecule has 0 bridgehead atoms. The third-order valence-electron chi connectivity index (χ3n) is 7.02. The minimum atomic E-state index is 0.00782. The molecule has 0 radical (unpaired) electrons. The van der Waals surface area contributed by atoms with Crippen molar-refractivity contribution < 1.29 is 4.74 Å². The van der Waals surface area contributed by atoms with Crippen LogP contribution in [0.4, 0.5) is 5.69 Å². The second-order valence-corrected chi connectivity index (χ2v) is 8.68. The molecule has 2 heterocycles. The fourth-order valence-corrected chi connectivity index (χ4v) is 5.31. The summed E-state index contributed by atoms with van der Waals surface area (Å²) in [6.45, 7) is 2.22. The molecule has 1 atom stereocenters. The molecule has 2 N–H and O–H groups in total. The van der Waals surface area contributed by atoms with Gasteiger partial charge in [-0.25, -0.2) is 0 Å². The van der Waals surface area contributed by atoms with Crippen molar-refractivity contribution in [1.29, 1.82) is 5.26 Å². The lowest BCUT2D eigenvalue weighted by Gasteiger charge is -2.47. The van der Waals surface area contributed by atoms with Crippen LogP contribution in [0.5, 0.6) is 5.75 Å². The topological polar surface area (TPSA) is 62.3 Å². The van der Waals surface area contributed by atoms with Crippen molar-refractivity contribution >= 4 is 5.69 Å². The van der Waals surface area contributed by atoms with Crippen molar-refractivity contribution in [3.05, 3.63) is 58.7 Å². The number of nitriles is 1. The highest BCUT2D eigenvalue weighted by Gasteiger charge is 2.41. The number of anilines is 1. The summed E-state index contributed by atoms with van der Waals surface area (Å²) in [4.78, 5) is 2.67. The van der Waals surface area contributed by atoms with Gasteiger partial charge in [0.2, 0.25) is 0 Å². The molecule has 2 aromatic rings. The van der Waals surface area contributed by atoms with E-state index in [1.54, 1.807) is 0 Å². The van der Waals surface area contributed by atoms with Gasteiger partial charge in [0.15, 0.2) is 0 Å². The second kappa shape index (κ2) is 6.83. The van der Waals surface area contributed by atoms with E-state index in [1.165, 1.54) is 23.1 Å². The summed E-state index contributed by atoms with van der Waals surface area (Å²) in [6, 6.07) is 15.2. The molecule has 2 aliphatic heterocycles. The van der Waals surface area contributed by atoms with Crippen molar-refractivity contribution in [3.8, 4) is 11.8 Å². The minimum Gasteiger partial charge on any atom is -0.487 e. The van der Waals surface area contributed by atoms with Crippen LogP contribution in [-0.4, -0.2) is 29.6 Å². The molecule has 0 saturated carbocycles. The van der Waals surface area contributed by atoms with Gasteiger partial charge in [0, 0.05) is 24.8 Å². The van der Waals surface area contributed by atoms with Crippen molar-refractivity contribution in [3.63, 3.8) is 0 Å². The molecule has 1 unspecified atom stereocenters. The largest absolute Gasteiger partial charge is 0.487 e. The molecule has 1 saturated heterocycles. The Bertz CT molecular complexity index is 937. The van der Waals surface area contributed by atoms with Gasteiger partial charge in [-0.15, -0.1) is 0 Å². The molecule has 1 fully saturated rings. The van der Waals surface area contributed by atoms with E-state index in [4.69, 9.17) is 15.7 Å². The quantitative estimate of drug-likeness (QED) is 0.771. The second-order valence-electron chi connectivity index (χ2n) is 8.68. The number of rotatable bonds is 1. The van der Waals surface area contributed by atoms with E-state index in [0.717, 1.165) is 68.6 Å². The Morgan fingerprint density at radius 3 is 2.68 bits per heavy atom. The molecule has 3 aliphatic rings. The van der Waals surface area contributed by atoms with Crippen LogP contribution in [0, 0.1) is 11.3 Å². The maximum Gasteiger partial charge on any atom is 0.123 e.